The lowest BCUT2D eigenvalue weighted by atomic mass is 10.3. The number of nitro groups is 1. The van der Waals surface area contributed by atoms with Gasteiger partial charge in [0.25, 0.3) is 5.69 Å². The molecule has 8 heteroatoms. The number of hydrogen-bond acceptors (Lipinski definition) is 5. The minimum atomic E-state index is -0.440. The number of fused-ring (bicyclic) bond motifs is 1. The summed E-state index contributed by atoms with van der Waals surface area (Å²) in [6.45, 7) is 0. The first-order valence-electron chi connectivity index (χ1n) is 5.66. The van der Waals surface area contributed by atoms with Crippen molar-refractivity contribution in [3.63, 3.8) is 0 Å². The maximum Gasteiger partial charge on any atom is 0.269 e. The van der Waals surface area contributed by atoms with Gasteiger partial charge in [0, 0.05) is 24.0 Å². The third-order valence-corrected chi connectivity index (χ3v) is 3.27. The van der Waals surface area contributed by atoms with Crippen molar-refractivity contribution in [2.75, 3.05) is 5.32 Å². The molecule has 0 fully saturated rings. The van der Waals surface area contributed by atoms with Crippen LogP contribution in [0.4, 0.5) is 17.3 Å². The van der Waals surface area contributed by atoms with Crippen LogP contribution in [0.3, 0.4) is 0 Å². The average molecular weight is 334 g/mol. The maximum atomic E-state index is 10.6. The molecule has 100 valence electrons. The molecule has 2 heterocycles. The zero-order valence-electron chi connectivity index (χ0n) is 10.0. The minimum Gasteiger partial charge on any atom is -0.323 e. The Balaban J connectivity index is 1.89. The number of nitro benzene ring substituents is 1. The zero-order chi connectivity index (χ0) is 14.1. The smallest absolute Gasteiger partial charge is 0.269 e. The van der Waals surface area contributed by atoms with Crippen molar-refractivity contribution in [1.82, 2.24) is 14.6 Å². The maximum absolute atomic E-state index is 10.6. The second-order valence-corrected chi connectivity index (χ2v) is 4.84. The lowest BCUT2D eigenvalue weighted by Crippen LogP contribution is -1.94. The van der Waals surface area contributed by atoms with Crippen LogP contribution in [0.1, 0.15) is 0 Å². The summed E-state index contributed by atoms with van der Waals surface area (Å²) < 4.78 is 2.47. The quantitative estimate of drug-likeness (QED) is 0.587. The van der Waals surface area contributed by atoms with Gasteiger partial charge in [-0.15, -0.1) is 5.10 Å². The predicted molar refractivity (Wildman–Crippen MR) is 77.1 cm³/mol. The number of halogens is 1. The lowest BCUT2D eigenvalue weighted by molar-refractivity contribution is -0.384. The standard InChI is InChI=1S/C12H8BrN5O2/c13-10-2-1-7-17-11(10)15-12(16-17)14-8-3-5-9(6-4-8)18(19)20/h1-7H,(H,14,16). The molecule has 0 spiro atoms. The van der Waals surface area contributed by atoms with Gasteiger partial charge in [-0.05, 0) is 40.2 Å². The number of pyridine rings is 1. The highest BCUT2D eigenvalue weighted by Crippen LogP contribution is 2.21. The van der Waals surface area contributed by atoms with Crippen molar-refractivity contribution in [3.05, 3.63) is 57.2 Å². The Bertz CT molecular complexity index is 784. The van der Waals surface area contributed by atoms with Gasteiger partial charge < -0.3 is 5.32 Å². The summed E-state index contributed by atoms with van der Waals surface area (Å²) in [5.41, 5.74) is 1.42. The van der Waals surface area contributed by atoms with Gasteiger partial charge in [-0.1, -0.05) is 0 Å². The fourth-order valence-corrected chi connectivity index (χ4v) is 2.15. The van der Waals surface area contributed by atoms with Gasteiger partial charge in [0.15, 0.2) is 5.65 Å². The molecule has 0 saturated carbocycles. The van der Waals surface area contributed by atoms with E-state index in [2.05, 4.69) is 31.3 Å². The topological polar surface area (TPSA) is 85.4 Å². The highest BCUT2D eigenvalue weighted by Gasteiger charge is 2.08. The number of nitrogens with one attached hydrogen (secondary N) is 1. The second kappa shape index (κ2) is 4.89. The fourth-order valence-electron chi connectivity index (χ4n) is 1.72. The van der Waals surface area contributed by atoms with E-state index in [9.17, 15) is 10.1 Å². The van der Waals surface area contributed by atoms with Crippen LogP contribution in [0.2, 0.25) is 0 Å². The van der Waals surface area contributed by atoms with Crippen LogP contribution in [-0.2, 0) is 0 Å². The number of nitrogens with zero attached hydrogens (tertiary/aromatic N) is 4. The third-order valence-electron chi connectivity index (χ3n) is 2.65. The Hall–Kier alpha value is -2.48. The number of rotatable bonds is 3. The summed E-state index contributed by atoms with van der Waals surface area (Å²) in [5, 5.41) is 17.8. The summed E-state index contributed by atoms with van der Waals surface area (Å²) >= 11 is 3.40. The fraction of sp³-hybridized carbons (Fsp3) is 0. The zero-order valence-corrected chi connectivity index (χ0v) is 11.6. The van der Waals surface area contributed by atoms with E-state index in [0.29, 0.717) is 17.3 Å². The van der Waals surface area contributed by atoms with E-state index in [1.807, 2.05) is 12.1 Å². The van der Waals surface area contributed by atoms with E-state index in [0.717, 1.165) is 4.47 Å². The number of aromatic nitrogens is 3. The molecule has 1 aromatic carbocycles. The molecule has 3 aromatic rings. The van der Waals surface area contributed by atoms with Gasteiger partial charge >= 0.3 is 0 Å². The van der Waals surface area contributed by atoms with Crippen LogP contribution in [0.25, 0.3) is 5.65 Å². The van der Waals surface area contributed by atoms with Gasteiger partial charge in [0.05, 0.1) is 9.40 Å². The molecule has 0 aliphatic carbocycles. The second-order valence-electron chi connectivity index (χ2n) is 3.99. The first-order chi connectivity index (χ1) is 9.63. The molecule has 3 rings (SSSR count). The van der Waals surface area contributed by atoms with Crippen LogP contribution < -0.4 is 5.32 Å². The molecular formula is C12H8BrN5O2. The Labute approximate surface area is 121 Å². The normalized spacial score (nSPS) is 10.7. The van der Waals surface area contributed by atoms with Crippen LogP contribution >= 0.6 is 15.9 Å². The largest absolute Gasteiger partial charge is 0.323 e. The van der Waals surface area contributed by atoms with Crippen molar-refractivity contribution in [2.45, 2.75) is 0 Å². The van der Waals surface area contributed by atoms with Crippen molar-refractivity contribution in [2.24, 2.45) is 0 Å². The molecule has 0 radical (unpaired) electrons. The number of non-ortho nitro benzene ring substituents is 1. The molecule has 7 nitrogen and oxygen atoms in total. The molecule has 0 unspecified atom stereocenters. The lowest BCUT2D eigenvalue weighted by Gasteiger charge is -2.00. The molecule has 20 heavy (non-hydrogen) atoms. The molecular weight excluding hydrogens is 326 g/mol. The predicted octanol–water partition coefficient (Wildman–Crippen LogP) is 3.14. The van der Waals surface area contributed by atoms with Crippen molar-refractivity contribution >= 4 is 38.9 Å². The van der Waals surface area contributed by atoms with Crippen LogP contribution in [0.5, 0.6) is 0 Å². The van der Waals surface area contributed by atoms with Crippen molar-refractivity contribution in [1.29, 1.82) is 0 Å². The molecule has 0 amide bonds. The van der Waals surface area contributed by atoms with E-state index in [1.54, 1.807) is 22.8 Å². The number of anilines is 2. The average Bonchev–Trinajstić information content (AvgIpc) is 2.83. The van der Waals surface area contributed by atoms with Gasteiger partial charge in [-0.3, -0.25) is 10.1 Å². The first-order valence-corrected chi connectivity index (χ1v) is 6.45. The highest BCUT2D eigenvalue weighted by molar-refractivity contribution is 9.10. The van der Waals surface area contributed by atoms with Gasteiger partial charge in [0.1, 0.15) is 0 Å². The molecule has 0 bridgehead atoms. The molecule has 0 saturated heterocycles. The minimum absolute atomic E-state index is 0.0428. The summed E-state index contributed by atoms with van der Waals surface area (Å²) in [6, 6.07) is 9.79. The Morgan fingerprint density at radius 1 is 1.25 bits per heavy atom. The Kier molecular flexibility index (Phi) is 3.07. The summed E-state index contributed by atoms with van der Waals surface area (Å²) in [5.74, 6) is 0.422. The summed E-state index contributed by atoms with van der Waals surface area (Å²) in [7, 11) is 0. The summed E-state index contributed by atoms with van der Waals surface area (Å²) in [6.07, 6.45) is 1.79. The number of benzene rings is 1. The molecule has 0 atom stereocenters. The van der Waals surface area contributed by atoms with Crippen LogP contribution in [-0.4, -0.2) is 19.5 Å². The molecule has 0 aliphatic heterocycles. The van der Waals surface area contributed by atoms with Crippen molar-refractivity contribution in [3.8, 4) is 0 Å². The summed E-state index contributed by atoms with van der Waals surface area (Å²) in [4.78, 5) is 14.5. The Morgan fingerprint density at radius 2 is 2.00 bits per heavy atom. The van der Waals surface area contributed by atoms with Crippen LogP contribution in [0.15, 0.2) is 47.1 Å². The van der Waals surface area contributed by atoms with Crippen molar-refractivity contribution < 1.29 is 4.92 Å². The van der Waals surface area contributed by atoms with Crippen LogP contribution in [0, 0.1) is 10.1 Å². The first kappa shape index (κ1) is 12.5. The van der Waals surface area contributed by atoms with Gasteiger partial charge in [0.2, 0.25) is 5.95 Å². The molecule has 0 aliphatic rings. The van der Waals surface area contributed by atoms with E-state index in [1.165, 1.54) is 12.1 Å². The third kappa shape index (κ3) is 2.32. The van der Waals surface area contributed by atoms with E-state index >= 15 is 0 Å². The van der Waals surface area contributed by atoms with E-state index in [4.69, 9.17) is 0 Å². The van der Waals surface area contributed by atoms with Gasteiger partial charge in [-0.25, -0.2) is 4.52 Å². The SMILES string of the molecule is O=[N+]([O-])c1ccc(Nc2nc3c(Br)cccn3n2)cc1. The molecule has 2 aromatic heterocycles. The van der Waals surface area contributed by atoms with E-state index in [-0.39, 0.29) is 5.69 Å². The monoisotopic (exact) mass is 333 g/mol. The Morgan fingerprint density at radius 3 is 2.65 bits per heavy atom. The van der Waals surface area contributed by atoms with E-state index < -0.39 is 4.92 Å². The molecule has 1 N–H and O–H groups in total. The van der Waals surface area contributed by atoms with Gasteiger partial charge in [-0.2, -0.15) is 4.98 Å². The highest BCUT2D eigenvalue weighted by atomic mass is 79.9. The number of hydrogen-bond donors (Lipinski definition) is 1.